The zero-order valence-corrected chi connectivity index (χ0v) is 11.2. The van der Waals surface area contributed by atoms with Crippen LogP contribution in [0.1, 0.15) is 24.5 Å². The van der Waals surface area contributed by atoms with Crippen LogP contribution in [-0.2, 0) is 12.8 Å². The molecule has 2 unspecified atom stereocenters. The summed E-state index contributed by atoms with van der Waals surface area (Å²) in [6, 6.07) is 3.78. The van der Waals surface area contributed by atoms with Gasteiger partial charge < -0.3 is 15.1 Å². The molecule has 1 saturated heterocycles. The van der Waals surface area contributed by atoms with Crippen LogP contribution in [0.4, 0.5) is 18.9 Å². The van der Waals surface area contributed by atoms with E-state index in [2.05, 4.69) is 0 Å². The number of benzene rings is 1. The number of hydrogen-bond acceptors (Lipinski definition) is 3. The summed E-state index contributed by atoms with van der Waals surface area (Å²) in [7, 11) is 0. The van der Waals surface area contributed by atoms with Gasteiger partial charge in [-0.05, 0) is 30.0 Å². The Labute approximate surface area is 115 Å². The van der Waals surface area contributed by atoms with Gasteiger partial charge in [-0.25, -0.2) is 0 Å². The third-order valence-corrected chi connectivity index (χ3v) is 3.97. The molecule has 0 aromatic heterocycles. The zero-order chi connectivity index (χ0) is 14.9. The molecule has 1 fully saturated rings. The van der Waals surface area contributed by atoms with Crippen molar-refractivity contribution in [2.45, 2.75) is 32.2 Å². The predicted molar refractivity (Wildman–Crippen MR) is 69.4 cm³/mol. The van der Waals surface area contributed by atoms with E-state index in [0.717, 1.165) is 12.5 Å². The Hall–Kier alpha value is -1.27. The molecule has 0 radical (unpaired) electrons. The standard InChI is InChI=1S/C14H18F3NO2/c1-9-4-5-18(13(9)8-20)11-3-2-10(7-19)12(6-11)14(15,16)17/h2-3,6,9,13,19-20H,4-5,7-8H2,1H3. The molecule has 3 nitrogen and oxygen atoms in total. The van der Waals surface area contributed by atoms with Crippen molar-refractivity contribution in [1.29, 1.82) is 0 Å². The lowest BCUT2D eigenvalue weighted by Gasteiger charge is -2.28. The Bertz CT molecular complexity index is 476. The number of aliphatic hydroxyl groups is 2. The molecule has 1 aromatic carbocycles. The molecule has 1 heterocycles. The molecule has 0 bridgehead atoms. The van der Waals surface area contributed by atoms with Crippen molar-refractivity contribution in [2.24, 2.45) is 5.92 Å². The molecule has 0 spiro atoms. The van der Waals surface area contributed by atoms with E-state index in [-0.39, 0.29) is 24.1 Å². The second-order valence-electron chi connectivity index (χ2n) is 5.21. The highest BCUT2D eigenvalue weighted by Gasteiger charge is 2.36. The van der Waals surface area contributed by atoms with Crippen molar-refractivity contribution in [3.8, 4) is 0 Å². The first kappa shape index (κ1) is 15.1. The highest BCUT2D eigenvalue weighted by molar-refractivity contribution is 5.53. The van der Waals surface area contributed by atoms with E-state index < -0.39 is 18.3 Å². The average molecular weight is 289 g/mol. The Morgan fingerprint density at radius 3 is 2.55 bits per heavy atom. The number of rotatable bonds is 3. The van der Waals surface area contributed by atoms with Gasteiger partial charge in [0.1, 0.15) is 0 Å². The highest BCUT2D eigenvalue weighted by atomic mass is 19.4. The highest BCUT2D eigenvalue weighted by Crippen LogP contribution is 2.37. The van der Waals surface area contributed by atoms with Crippen LogP contribution in [-0.4, -0.2) is 29.4 Å². The molecule has 112 valence electrons. The van der Waals surface area contributed by atoms with Crippen molar-refractivity contribution >= 4 is 5.69 Å². The van der Waals surface area contributed by atoms with Gasteiger partial charge in [-0.2, -0.15) is 13.2 Å². The van der Waals surface area contributed by atoms with E-state index in [4.69, 9.17) is 5.11 Å². The molecule has 2 atom stereocenters. The van der Waals surface area contributed by atoms with E-state index in [1.165, 1.54) is 6.07 Å². The fraction of sp³-hybridized carbons (Fsp3) is 0.571. The van der Waals surface area contributed by atoms with E-state index in [9.17, 15) is 18.3 Å². The van der Waals surface area contributed by atoms with Crippen LogP contribution in [0.15, 0.2) is 18.2 Å². The first-order valence-corrected chi connectivity index (χ1v) is 6.57. The lowest BCUT2D eigenvalue weighted by molar-refractivity contribution is -0.138. The van der Waals surface area contributed by atoms with Crippen LogP contribution >= 0.6 is 0 Å². The van der Waals surface area contributed by atoms with E-state index >= 15 is 0 Å². The van der Waals surface area contributed by atoms with Gasteiger partial charge in [0.05, 0.1) is 24.8 Å². The molecule has 1 aliphatic heterocycles. The second kappa shape index (κ2) is 5.61. The normalized spacial score (nSPS) is 23.4. The third-order valence-electron chi connectivity index (χ3n) is 3.97. The van der Waals surface area contributed by atoms with Crippen LogP contribution in [0, 0.1) is 5.92 Å². The maximum absolute atomic E-state index is 13.0. The molecule has 2 N–H and O–H groups in total. The van der Waals surface area contributed by atoms with Crippen molar-refractivity contribution in [1.82, 2.24) is 0 Å². The Morgan fingerprint density at radius 2 is 2.00 bits per heavy atom. The minimum atomic E-state index is -4.49. The lowest BCUT2D eigenvalue weighted by Crippen LogP contribution is -2.35. The number of anilines is 1. The smallest absolute Gasteiger partial charge is 0.394 e. The van der Waals surface area contributed by atoms with Crippen LogP contribution in [0.2, 0.25) is 0 Å². The molecule has 0 amide bonds. The average Bonchev–Trinajstić information content (AvgIpc) is 2.78. The fourth-order valence-corrected chi connectivity index (χ4v) is 2.75. The van der Waals surface area contributed by atoms with Gasteiger partial charge in [0.15, 0.2) is 0 Å². The number of nitrogens with zero attached hydrogens (tertiary/aromatic N) is 1. The number of alkyl halides is 3. The summed E-state index contributed by atoms with van der Waals surface area (Å²) in [6.45, 7) is 1.88. The van der Waals surface area contributed by atoms with E-state index in [1.54, 1.807) is 11.0 Å². The summed E-state index contributed by atoms with van der Waals surface area (Å²) >= 11 is 0. The fourth-order valence-electron chi connectivity index (χ4n) is 2.75. The van der Waals surface area contributed by atoms with E-state index in [1.807, 2.05) is 6.92 Å². The van der Waals surface area contributed by atoms with Gasteiger partial charge in [0, 0.05) is 12.2 Å². The first-order chi connectivity index (χ1) is 9.38. The largest absolute Gasteiger partial charge is 0.416 e. The summed E-state index contributed by atoms with van der Waals surface area (Å²) in [5, 5.41) is 18.4. The number of halogens is 3. The zero-order valence-electron chi connectivity index (χ0n) is 11.2. The number of aliphatic hydroxyl groups excluding tert-OH is 2. The predicted octanol–water partition coefficient (Wildman–Crippen LogP) is 2.40. The summed E-state index contributed by atoms with van der Waals surface area (Å²) in [4.78, 5) is 1.81. The van der Waals surface area contributed by atoms with E-state index in [0.29, 0.717) is 12.2 Å². The summed E-state index contributed by atoms with van der Waals surface area (Å²) in [6.07, 6.45) is -3.65. The van der Waals surface area contributed by atoms with Crippen LogP contribution < -0.4 is 4.90 Å². The summed E-state index contributed by atoms with van der Waals surface area (Å²) in [5.41, 5.74) is -0.499. The monoisotopic (exact) mass is 289 g/mol. The minimum absolute atomic E-state index is 0.0791. The quantitative estimate of drug-likeness (QED) is 0.898. The molecule has 0 saturated carbocycles. The maximum atomic E-state index is 13.0. The summed E-state index contributed by atoms with van der Waals surface area (Å²) < 4.78 is 38.9. The Morgan fingerprint density at radius 1 is 1.30 bits per heavy atom. The second-order valence-corrected chi connectivity index (χ2v) is 5.21. The first-order valence-electron chi connectivity index (χ1n) is 6.57. The Kier molecular flexibility index (Phi) is 4.25. The maximum Gasteiger partial charge on any atom is 0.416 e. The molecule has 20 heavy (non-hydrogen) atoms. The molecule has 1 aromatic rings. The lowest BCUT2D eigenvalue weighted by atomic mass is 10.0. The van der Waals surface area contributed by atoms with Crippen molar-refractivity contribution in [2.75, 3.05) is 18.1 Å². The molecule has 1 aliphatic rings. The van der Waals surface area contributed by atoms with Gasteiger partial charge in [-0.15, -0.1) is 0 Å². The van der Waals surface area contributed by atoms with Crippen LogP contribution in [0.3, 0.4) is 0 Å². The minimum Gasteiger partial charge on any atom is -0.394 e. The number of hydrogen-bond donors (Lipinski definition) is 2. The van der Waals surface area contributed by atoms with Gasteiger partial charge in [-0.3, -0.25) is 0 Å². The van der Waals surface area contributed by atoms with Gasteiger partial charge in [0.25, 0.3) is 0 Å². The van der Waals surface area contributed by atoms with Crippen molar-refractivity contribution < 1.29 is 23.4 Å². The SMILES string of the molecule is CC1CCN(c2ccc(CO)c(C(F)(F)F)c2)C1CO. The van der Waals surface area contributed by atoms with Gasteiger partial charge in [-0.1, -0.05) is 13.0 Å². The van der Waals surface area contributed by atoms with Crippen molar-refractivity contribution in [3.63, 3.8) is 0 Å². The molecular formula is C14H18F3NO2. The van der Waals surface area contributed by atoms with Crippen LogP contribution in [0.5, 0.6) is 0 Å². The van der Waals surface area contributed by atoms with Crippen molar-refractivity contribution in [3.05, 3.63) is 29.3 Å². The third kappa shape index (κ3) is 2.76. The topological polar surface area (TPSA) is 43.7 Å². The molecule has 0 aliphatic carbocycles. The molecule has 6 heteroatoms. The van der Waals surface area contributed by atoms with Crippen LogP contribution in [0.25, 0.3) is 0 Å². The van der Waals surface area contributed by atoms with Gasteiger partial charge >= 0.3 is 6.18 Å². The molecule has 2 rings (SSSR count). The Balaban J connectivity index is 2.39. The van der Waals surface area contributed by atoms with Gasteiger partial charge in [0.2, 0.25) is 0 Å². The molecular weight excluding hydrogens is 271 g/mol. The summed E-state index contributed by atoms with van der Waals surface area (Å²) in [5.74, 6) is 0.242.